The summed E-state index contributed by atoms with van der Waals surface area (Å²) in [4.78, 5) is 16.2. The van der Waals surface area contributed by atoms with Gasteiger partial charge in [-0.25, -0.2) is 8.42 Å². The number of sulfonamides is 1. The summed E-state index contributed by atoms with van der Waals surface area (Å²) < 4.78 is 25.5. The molecule has 1 aliphatic rings. The lowest BCUT2D eigenvalue weighted by atomic mass is 10.2. The predicted octanol–water partition coefficient (Wildman–Crippen LogP) is 0.256. The second kappa shape index (κ2) is 5.88. The largest absolute Gasteiger partial charge is 0.292 e. The number of H-pyrrole nitrogens is 1. The highest BCUT2D eigenvalue weighted by molar-refractivity contribution is 7.89. The Labute approximate surface area is 118 Å². The highest BCUT2D eigenvalue weighted by atomic mass is 32.2. The molecule has 1 saturated heterocycles. The Balaban J connectivity index is 2.08. The highest BCUT2D eigenvalue weighted by Crippen LogP contribution is 2.22. The van der Waals surface area contributed by atoms with E-state index in [4.69, 9.17) is 0 Å². The first-order valence-corrected chi connectivity index (χ1v) is 8.24. The number of carbonyl (C=O) groups excluding carboxylic acids is 1. The zero-order valence-corrected chi connectivity index (χ0v) is 12.4. The summed E-state index contributed by atoms with van der Waals surface area (Å²) in [5.41, 5.74) is 0. The third kappa shape index (κ3) is 3.15. The summed E-state index contributed by atoms with van der Waals surface area (Å²) in [5.74, 6) is 0.451. The molecule has 20 heavy (non-hydrogen) atoms. The van der Waals surface area contributed by atoms with Crippen molar-refractivity contribution < 1.29 is 13.2 Å². The molecule has 0 bridgehead atoms. The summed E-state index contributed by atoms with van der Waals surface area (Å²) in [6.07, 6.45) is 1.75. The van der Waals surface area contributed by atoms with Crippen molar-refractivity contribution in [1.29, 1.82) is 0 Å². The van der Waals surface area contributed by atoms with Crippen molar-refractivity contribution in [2.45, 2.75) is 39.2 Å². The van der Waals surface area contributed by atoms with Crippen molar-refractivity contribution in [3.8, 4) is 0 Å². The molecule has 0 aromatic carbocycles. The summed E-state index contributed by atoms with van der Waals surface area (Å²) in [5, 5.41) is 8.98. The van der Waals surface area contributed by atoms with Crippen LogP contribution in [0.25, 0.3) is 0 Å². The standard InChI is InChI=1S/C11H19N5O3S/c1-3-7-20(18,19)16-6-4-5-9(16)10(17)13-11-12-8(2)14-15-11/h9H,3-7H2,1-2H3,(H2,12,13,14,15,17). The van der Waals surface area contributed by atoms with Crippen LogP contribution < -0.4 is 5.32 Å². The van der Waals surface area contributed by atoms with Gasteiger partial charge in [0, 0.05) is 6.54 Å². The molecule has 112 valence electrons. The van der Waals surface area contributed by atoms with Gasteiger partial charge in [0.15, 0.2) is 0 Å². The number of amides is 1. The number of nitrogens with one attached hydrogen (secondary N) is 2. The van der Waals surface area contributed by atoms with E-state index in [0.29, 0.717) is 31.6 Å². The summed E-state index contributed by atoms with van der Waals surface area (Å²) in [6.45, 7) is 3.92. The number of carbonyl (C=O) groups is 1. The number of hydrogen-bond donors (Lipinski definition) is 2. The van der Waals surface area contributed by atoms with Crippen LogP contribution in [0, 0.1) is 6.92 Å². The second-order valence-electron chi connectivity index (χ2n) is 4.82. The van der Waals surface area contributed by atoms with Gasteiger partial charge in [0.25, 0.3) is 0 Å². The fourth-order valence-electron chi connectivity index (χ4n) is 2.30. The van der Waals surface area contributed by atoms with E-state index in [9.17, 15) is 13.2 Å². The average molecular weight is 301 g/mol. The van der Waals surface area contributed by atoms with Crippen LogP contribution in [0.1, 0.15) is 32.0 Å². The fourth-order valence-corrected chi connectivity index (χ4v) is 4.05. The van der Waals surface area contributed by atoms with Crippen molar-refractivity contribution in [1.82, 2.24) is 19.5 Å². The van der Waals surface area contributed by atoms with Crippen molar-refractivity contribution in [3.05, 3.63) is 5.82 Å². The molecule has 0 aliphatic carbocycles. The van der Waals surface area contributed by atoms with Gasteiger partial charge >= 0.3 is 0 Å². The smallest absolute Gasteiger partial charge is 0.248 e. The van der Waals surface area contributed by atoms with Crippen LogP contribution in [0.15, 0.2) is 0 Å². The Morgan fingerprint density at radius 3 is 2.90 bits per heavy atom. The number of aromatic amines is 1. The van der Waals surface area contributed by atoms with Crippen LogP contribution in [0.4, 0.5) is 5.95 Å². The van der Waals surface area contributed by atoms with Crippen LogP contribution >= 0.6 is 0 Å². The minimum atomic E-state index is -3.37. The number of anilines is 1. The first kappa shape index (κ1) is 14.9. The van der Waals surface area contributed by atoms with E-state index < -0.39 is 16.1 Å². The Bertz CT molecular complexity index is 583. The molecule has 1 aromatic heterocycles. The molecule has 1 unspecified atom stereocenters. The number of nitrogens with zero attached hydrogens (tertiary/aromatic N) is 3. The molecule has 0 radical (unpaired) electrons. The maximum absolute atomic E-state index is 12.2. The average Bonchev–Trinajstić information content (AvgIpc) is 2.98. The third-order valence-electron chi connectivity index (χ3n) is 3.16. The van der Waals surface area contributed by atoms with Gasteiger partial charge in [-0.05, 0) is 26.2 Å². The molecule has 1 aliphatic heterocycles. The topological polar surface area (TPSA) is 108 Å². The lowest BCUT2D eigenvalue weighted by Crippen LogP contribution is -2.44. The number of aryl methyl sites for hydroxylation is 1. The van der Waals surface area contributed by atoms with E-state index in [1.54, 1.807) is 13.8 Å². The van der Waals surface area contributed by atoms with Gasteiger partial charge in [-0.1, -0.05) is 6.92 Å². The first-order chi connectivity index (χ1) is 9.44. The summed E-state index contributed by atoms with van der Waals surface area (Å²) in [7, 11) is -3.37. The zero-order chi connectivity index (χ0) is 14.8. The number of aromatic nitrogens is 3. The lowest BCUT2D eigenvalue weighted by Gasteiger charge is -2.22. The fraction of sp³-hybridized carbons (Fsp3) is 0.727. The molecule has 2 N–H and O–H groups in total. The van der Waals surface area contributed by atoms with E-state index in [1.807, 2.05) is 0 Å². The Hall–Kier alpha value is -1.48. The number of rotatable bonds is 5. The molecule has 0 saturated carbocycles. The van der Waals surface area contributed by atoms with E-state index in [1.165, 1.54) is 4.31 Å². The predicted molar refractivity (Wildman–Crippen MR) is 73.6 cm³/mol. The molecule has 2 rings (SSSR count). The highest BCUT2D eigenvalue weighted by Gasteiger charge is 2.38. The van der Waals surface area contributed by atoms with Gasteiger partial charge in [0.1, 0.15) is 11.9 Å². The van der Waals surface area contributed by atoms with Crippen LogP contribution in [0.3, 0.4) is 0 Å². The van der Waals surface area contributed by atoms with Gasteiger partial charge in [-0.3, -0.25) is 15.2 Å². The summed E-state index contributed by atoms with van der Waals surface area (Å²) in [6, 6.07) is -0.662. The normalized spacial score (nSPS) is 20.2. The van der Waals surface area contributed by atoms with Crippen molar-refractivity contribution in [2.24, 2.45) is 0 Å². The van der Waals surface area contributed by atoms with Gasteiger partial charge in [-0.2, -0.15) is 9.29 Å². The Kier molecular flexibility index (Phi) is 4.39. The van der Waals surface area contributed by atoms with Crippen LogP contribution in [-0.2, 0) is 14.8 Å². The Morgan fingerprint density at radius 2 is 2.30 bits per heavy atom. The van der Waals surface area contributed by atoms with E-state index >= 15 is 0 Å². The van der Waals surface area contributed by atoms with Gasteiger partial charge in [0.2, 0.25) is 21.9 Å². The molecule has 2 heterocycles. The number of hydrogen-bond acceptors (Lipinski definition) is 5. The molecule has 1 amide bonds. The Morgan fingerprint density at radius 1 is 1.55 bits per heavy atom. The van der Waals surface area contributed by atoms with Gasteiger partial charge in [-0.15, -0.1) is 5.10 Å². The van der Waals surface area contributed by atoms with Gasteiger partial charge < -0.3 is 0 Å². The van der Waals surface area contributed by atoms with E-state index in [-0.39, 0.29) is 17.6 Å². The molecule has 1 aromatic rings. The second-order valence-corrected chi connectivity index (χ2v) is 6.86. The van der Waals surface area contributed by atoms with Crippen molar-refractivity contribution >= 4 is 21.9 Å². The SMILES string of the molecule is CCCS(=O)(=O)N1CCCC1C(=O)Nc1n[nH]c(C)n1. The van der Waals surface area contributed by atoms with Crippen molar-refractivity contribution in [3.63, 3.8) is 0 Å². The summed E-state index contributed by atoms with van der Waals surface area (Å²) >= 11 is 0. The van der Waals surface area contributed by atoms with E-state index in [2.05, 4.69) is 20.5 Å². The quantitative estimate of drug-likeness (QED) is 0.810. The minimum absolute atomic E-state index is 0.0660. The maximum Gasteiger partial charge on any atom is 0.248 e. The van der Waals surface area contributed by atoms with E-state index in [0.717, 1.165) is 0 Å². The molecule has 1 fully saturated rings. The van der Waals surface area contributed by atoms with Crippen LogP contribution in [0.2, 0.25) is 0 Å². The van der Waals surface area contributed by atoms with Crippen LogP contribution in [0.5, 0.6) is 0 Å². The van der Waals surface area contributed by atoms with Crippen LogP contribution in [-0.4, -0.2) is 52.2 Å². The molecule has 9 heteroatoms. The maximum atomic E-state index is 12.2. The van der Waals surface area contributed by atoms with Crippen molar-refractivity contribution in [2.75, 3.05) is 17.6 Å². The molecule has 8 nitrogen and oxygen atoms in total. The third-order valence-corrected chi connectivity index (χ3v) is 5.23. The molecule has 0 spiro atoms. The first-order valence-electron chi connectivity index (χ1n) is 6.63. The molecular formula is C11H19N5O3S. The molecular weight excluding hydrogens is 282 g/mol. The van der Waals surface area contributed by atoms with Gasteiger partial charge in [0.05, 0.1) is 5.75 Å². The minimum Gasteiger partial charge on any atom is -0.292 e. The lowest BCUT2D eigenvalue weighted by molar-refractivity contribution is -0.119. The zero-order valence-electron chi connectivity index (χ0n) is 11.6. The molecule has 1 atom stereocenters. The monoisotopic (exact) mass is 301 g/mol.